The first-order chi connectivity index (χ1) is 19.6. The number of halogens is 1. The van der Waals surface area contributed by atoms with E-state index in [4.69, 9.17) is 0 Å². The highest BCUT2D eigenvalue weighted by Crippen LogP contribution is 2.21. The minimum Gasteiger partial charge on any atom is -0.343 e. The lowest BCUT2D eigenvalue weighted by Gasteiger charge is -2.25. The Balaban J connectivity index is 1.54. The quantitative estimate of drug-likeness (QED) is 0.265. The number of rotatable bonds is 10. The van der Waals surface area contributed by atoms with Crippen LogP contribution in [0.15, 0.2) is 95.9 Å². The van der Waals surface area contributed by atoms with Crippen molar-refractivity contribution < 1.29 is 27.2 Å². The van der Waals surface area contributed by atoms with Crippen molar-refractivity contribution in [1.29, 1.82) is 0 Å². The standard InChI is InChI=1S/C31H30FN3O5S/c1-3-35(4-2)31(38)27(30(37)34-41(39,40)25-18-15-22-9-5-6-10-23(22)20-25)19-21-13-16-24(17-14-21)33-29(36)26-11-7-8-12-28(26)32/h5-18,20,27H,3-4,19H2,1-2H3,(H,33,36)(H,34,37). The first-order valence-electron chi connectivity index (χ1n) is 13.1. The number of nitrogens with one attached hydrogen (secondary N) is 2. The molecule has 212 valence electrons. The van der Waals surface area contributed by atoms with Gasteiger partial charge < -0.3 is 10.2 Å². The second kappa shape index (κ2) is 12.7. The maximum absolute atomic E-state index is 13.9. The van der Waals surface area contributed by atoms with E-state index in [-0.39, 0.29) is 16.9 Å². The van der Waals surface area contributed by atoms with Gasteiger partial charge >= 0.3 is 0 Å². The van der Waals surface area contributed by atoms with Gasteiger partial charge in [0.15, 0.2) is 0 Å². The summed E-state index contributed by atoms with van der Waals surface area (Å²) in [5.74, 6) is -4.03. The second-order valence-electron chi connectivity index (χ2n) is 9.38. The van der Waals surface area contributed by atoms with Crippen molar-refractivity contribution in [2.75, 3.05) is 18.4 Å². The van der Waals surface area contributed by atoms with Gasteiger partial charge in [0.25, 0.3) is 15.9 Å². The molecular formula is C31H30FN3O5S. The Morgan fingerprint density at radius 3 is 2.12 bits per heavy atom. The third kappa shape index (κ3) is 6.96. The molecule has 1 unspecified atom stereocenters. The largest absolute Gasteiger partial charge is 0.343 e. The summed E-state index contributed by atoms with van der Waals surface area (Å²) in [4.78, 5) is 40.5. The summed E-state index contributed by atoms with van der Waals surface area (Å²) in [6, 6.07) is 23.7. The summed E-state index contributed by atoms with van der Waals surface area (Å²) in [6.45, 7) is 4.24. The number of carbonyl (C=O) groups is 3. The predicted molar refractivity (Wildman–Crippen MR) is 155 cm³/mol. The van der Waals surface area contributed by atoms with Crippen molar-refractivity contribution >= 4 is 44.2 Å². The molecule has 0 heterocycles. The van der Waals surface area contributed by atoms with Crippen LogP contribution < -0.4 is 10.0 Å². The number of amides is 3. The van der Waals surface area contributed by atoms with E-state index in [0.717, 1.165) is 5.39 Å². The van der Waals surface area contributed by atoms with Crippen LogP contribution in [0.1, 0.15) is 29.8 Å². The summed E-state index contributed by atoms with van der Waals surface area (Å²) >= 11 is 0. The van der Waals surface area contributed by atoms with Crippen LogP contribution in [-0.4, -0.2) is 44.1 Å². The Kier molecular flexibility index (Phi) is 9.14. The Labute approximate surface area is 238 Å². The van der Waals surface area contributed by atoms with Crippen molar-refractivity contribution in [2.45, 2.75) is 25.2 Å². The molecule has 3 amide bonds. The number of anilines is 1. The molecule has 4 aromatic carbocycles. The summed E-state index contributed by atoms with van der Waals surface area (Å²) in [5.41, 5.74) is 0.848. The van der Waals surface area contributed by atoms with Crippen molar-refractivity contribution in [1.82, 2.24) is 9.62 Å². The summed E-state index contributed by atoms with van der Waals surface area (Å²) in [7, 11) is -4.26. The highest BCUT2D eigenvalue weighted by atomic mass is 32.2. The van der Waals surface area contributed by atoms with Crippen molar-refractivity contribution in [3.8, 4) is 0 Å². The van der Waals surface area contributed by atoms with Gasteiger partial charge in [-0.2, -0.15) is 0 Å². The molecular weight excluding hydrogens is 545 g/mol. The Hall–Kier alpha value is -4.57. The zero-order valence-electron chi connectivity index (χ0n) is 22.6. The molecule has 0 saturated carbocycles. The van der Waals surface area contributed by atoms with Crippen LogP contribution in [0.5, 0.6) is 0 Å². The van der Waals surface area contributed by atoms with Gasteiger partial charge in [-0.1, -0.05) is 54.6 Å². The third-order valence-electron chi connectivity index (χ3n) is 6.73. The van der Waals surface area contributed by atoms with E-state index in [0.29, 0.717) is 29.7 Å². The normalized spacial score (nSPS) is 12.0. The zero-order valence-corrected chi connectivity index (χ0v) is 23.5. The van der Waals surface area contributed by atoms with Crippen molar-refractivity contribution in [2.24, 2.45) is 5.92 Å². The maximum atomic E-state index is 13.9. The van der Waals surface area contributed by atoms with Crippen LogP contribution in [0, 0.1) is 11.7 Å². The number of carbonyl (C=O) groups excluding carboxylic acids is 3. The average Bonchev–Trinajstić information content (AvgIpc) is 2.97. The van der Waals surface area contributed by atoms with E-state index >= 15 is 0 Å². The number of hydrogen-bond donors (Lipinski definition) is 2. The summed E-state index contributed by atoms with van der Waals surface area (Å²) < 4.78 is 42.3. The molecule has 0 bridgehead atoms. The fourth-order valence-electron chi connectivity index (χ4n) is 4.45. The van der Waals surface area contributed by atoms with E-state index in [2.05, 4.69) is 10.0 Å². The SMILES string of the molecule is CCN(CC)C(=O)C(Cc1ccc(NC(=O)c2ccccc2F)cc1)C(=O)NS(=O)(=O)c1ccc2ccccc2c1. The molecule has 0 fully saturated rings. The van der Waals surface area contributed by atoms with Gasteiger partial charge in [0.05, 0.1) is 10.5 Å². The van der Waals surface area contributed by atoms with E-state index in [9.17, 15) is 27.2 Å². The lowest BCUT2D eigenvalue weighted by molar-refractivity contribution is -0.141. The summed E-state index contributed by atoms with van der Waals surface area (Å²) in [6.07, 6.45) is -0.0735. The number of nitrogens with zero attached hydrogens (tertiary/aromatic N) is 1. The highest BCUT2D eigenvalue weighted by molar-refractivity contribution is 7.90. The molecule has 0 aliphatic rings. The topological polar surface area (TPSA) is 113 Å². The molecule has 4 rings (SSSR count). The van der Waals surface area contributed by atoms with Gasteiger partial charge in [-0.25, -0.2) is 17.5 Å². The smallest absolute Gasteiger partial charge is 0.264 e. The first-order valence-corrected chi connectivity index (χ1v) is 14.6. The lowest BCUT2D eigenvalue weighted by Crippen LogP contribution is -2.46. The fraction of sp³-hybridized carbons (Fsp3) is 0.194. The Bertz CT molecular complexity index is 1690. The van der Waals surface area contributed by atoms with Gasteiger partial charge in [0, 0.05) is 18.8 Å². The van der Waals surface area contributed by atoms with Gasteiger partial charge in [-0.15, -0.1) is 0 Å². The van der Waals surface area contributed by atoms with Gasteiger partial charge in [0.2, 0.25) is 11.8 Å². The molecule has 41 heavy (non-hydrogen) atoms. The molecule has 0 radical (unpaired) electrons. The lowest BCUT2D eigenvalue weighted by atomic mass is 9.97. The van der Waals surface area contributed by atoms with Crippen molar-refractivity contribution in [3.63, 3.8) is 0 Å². The average molecular weight is 576 g/mol. The summed E-state index contributed by atoms with van der Waals surface area (Å²) in [5, 5.41) is 4.15. The van der Waals surface area contributed by atoms with Gasteiger partial charge in [-0.05, 0) is 73.0 Å². The predicted octanol–water partition coefficient (Wildman–Crippen LogP) is 4.76. The van der Waals surface area contributed by atoms with E-state index < -0.39 is 39.5 Å². The first kappa shape index (κ1) is 29.4. The second-order valence-corrected chi connectivity index (χ2v) is 11.1. The minimum atomic E-state index is -4.26. The third-order valence-corrected chi connectivity index (χ3v) is 8.07. The number of sulfonamides is 1. The fourth-order valence-corrected chi connectivity index (χ4v) is 5.50. The van der Waals surface area contributed by atoms with Crippen molar-refractivity contribution in [3.05, 3.63) is 108 Å². The number of hydrogen-bond acceptors (Lipinski definition) is 5. The molecule has 0 spiro atoms. The molecule has 1 atom stereocenters. The number of fused-ring (bicyclic) bond motifs is 1. The number of benzene rings is 4. The molecule has 8 nitrogen and oxygen atoms in total. The molecule has 2 N–H and O–H groups in total. The monoisotopic (exact) mass is 575 g/mol. The van der Waals surface area contributed by atoms with Crippen LogP contribution in [-0.2, 0) is 26.0 Å². The van der Waals surface area contributed by atoms with Crippen LogP contribution in [0.3, 0.4) is 0 Å². The molecule has 0 aromatic heterocycles. The van der Waals surface area contributed by atoms with E-state index in [1.165, 1.54) is 35.2 Å². The molecule has 0 aliphatic heterocycles. The maximum Gasteiger partial charge on any atom is 0.264 e. The van der Waals surface area contributed by atoms with Gasteiger partial charge in [-0.3, -0.25) is 14.4 Å². The zero-order chi connectivity index (χ0) is 29.6. The highest BCUT2D eigenvalue weighted by Gasteiger charge is 2.33. The molecule has 4 aromatic rings. The molecule has 10 heteroatoms. The van der Waals surface area contributed by atoms with E-state index in [1.54, 1.807) is 62.4 Å². The van der Waals surface area contributed by atoms with Gasteiger partial charge in [0.1, 0.15) is 11.7 Å². The molecule has 0 aliphatic carbocycles. The Morgan fingerprint density at radius 1 is 0.829 bits per heavy atom. The minimum absolute atomic E-state index is 0.0735. The Morgan fingerprint density at radius 2 is 1.46 bits per heavy atom. The van der Waals surface area contributed by atoms with Crippen LogP contribution in [0.4, 0.5) is 10.1 Å². The van der Waals surface area contributed by atoms with Crippen LogP contribution in [0.2, 0.25) is 0 Å². The molecule has 0 saturated heterocycles. The van der Waals surface area contributed by atoms with E-state index in [1.807, 2.05) is 12.1 Å². The van der Waals surface area contributed by atoms with Crippen LogP contribution in [0.25, 0.3) is 10.8 Å². The van der Waals surface area contributed by atoms with Crippen LogP contribution >= 0.6 is 0 Å².